The molecular weight excluding hydrogens is 321 g/mol. The fourth-order valence-corrected chi connectivity index (χ4v) is 4.08. The number of nitrogens with zero attached hydrogens (tertiary/aromatic N) is 4. The van der Waals surface area contributed by atoms with Crippen LogP contribution in [0.3, 0.4) is 0 Å². The highest BCUT2D eigenvalue weighted by Crippen LogP contribution is 2.31. The number of rotatable bonds is 4. The average molecular weight is 344 g/mol. The number of likely N-dealkylation sites (tertiary alicyclic amines) is 2. The Kier molecular flexibility index (Phi) is 4.85. The molecule has 0 saturated carbocycles. The lowest BCUT2D eigenvalue weighted by Gasteiger charge is -2.34. The minimum absolute atomic E-state index is 0.0860. The second-order valence-electron chi connectivity index (χ2n) is 6.69. The van der Waals surface area contributed by atoms with Crippen molar-refractivity contribution < 1.29 is 18.0 Å². The highest BCUT2D eigenvalue weighted by Gasteiger charge is 2.39. The molecule has 0 unspecified atom stereocenters. The lowest BCUT2D eigenvalue weighted by Crippen LogP contribution is -2.47. The van der Waals surface area contributed by atoms with E-state index in [9.17, 15) is 18.0 Å². The van der Waals surface area contributed by atoms with Gasteiger partial charge in [-0.2, -0.15) is 13.2 Å². The van der Waals surface area contributed by atoms with Crippen molar-refractivity contribution in [3.05, 3.63) is 18.2 Å². The van der Waals surface area contributed by atoms with E-state index in [1.807, 2.05) is 4.90 Å². The lowest BCUT2D eigenvalue weighted by atomic mass is 10.0. The SMILES string of the molecule is CC(=O)N1CCC[C@@H]1[C@@H]1CCCN1Cc1nccn1CC(F)(F)F. The summed E-state index contributed by atoms with van der Waals surface area (Å²) in [4.78, 5) is 20.1. The number of hydrogen-bond acceptors (Lipinski definition) is 3. The fourth-order valence-electron chi connectivity index (χ4n) is 4.08. The molecule has 0 radical (unpaired) electrons. The van der Waals surface area contributed by atoms with Crippen molar-refractivity contribution in [3.8, 4) is 0 Å². The smallest absolute Gasteiger partial charge is 0.338 e. The van der Waals surface area contributed by atoms with Gasteiger partial charge in [-0.3, -0.25) is 9.69 Å². The zero-order valence-corrected chi connectivity index (χ0v) is 13.8. The standard InChI is InChI=1S/C16H23F3N4O/c1-12(24)23-8-3-5-14(23)13-4-2-7-21(13)10-15-20-6-9-22(15)11-16(17,18)19/h6,9,13-14H,2-5,7-8,10-11H2,1H3/t13-,14+/m0/s1. The van der Waals surface area contributed by atoms with Crippen LogP contribution in [0.15, 0.2) is 12.4 Å². The number of imidazole rings is 1. The molecule has 0 bridgehead atoms. The molecule has 24 heavy (non-hydrogen) atoms. The third kappa shape index (κ3) is 3.74. The van der Waals surface area contributed by atoms with E-state index in [0.717, 1.165) is 38.8 Å². The molecule has 134 valence electrons. The van der Waals surface area contributed by atoms with Gasteiger partial charge in [-0.1, -0.05) is 0 Å². The normalized spacial score (nSPS) is 25.6. The number of carbonyl (C=O) groups is 1. The molecule has 2 fully saturated rings. The third-order valence-corrected chi connectivity index (χ3v) is 5.06. The largest absolute Gasteiger partial charge is 0.406 e. The number of amides is 1. The van der Waals surface area contributed by atoms with Crippen LogP contribution in [0.5, 0.6) is 0 Å². The molecule has 5 nitrogen and oxygen atoms in total. The second kappa shape index (κ2) is 6.74. The minimum Gasteiger partial charge on any atom is -0.338 e. The van der Waals surface area contributed by atoms with Crippen LogP contribution in [0.25, 0.3) is 0 Å². The summed E-state index contributed by atoms with van der Waals surface area (Å²) < 4.78 is 39.2. The first-order valence-corrected chi connectivity index (χ1v) is 8.43. The van der Waals surface area contributed by atoms with E-state index in [4.69, 9.17) is 0 Å². The molecule has 1 aromatic rings. The Labute approximate surface area is 139 Å². The van der Waals surface area contributed by atoms with E-state index < -0.39 is 12.7 Å². The monoisotopic (exact) mass is 344 g/mol. The van der Waals surface area contributed by atoms with Crippen molar-refractivity contribution in [1.82, 2.24) is 19.4 Å². The summed E-state index contributed by atoms with van der Waals surface area (Å²) >= 11 is 0. The Balaban J connectivity index is 1.71. The van der Waals surface area contributed by atoms with E-state index in [1.165, 1.54) is 17.0 Å². The van der Waals surface area contributed by atoms with Crippen molar-refractivity contribution in [1.29, 1.82) is 0 Å². The number of halogens is 3. The van der Waals surface area contributed by atoms with E-state index in [2.05, 4.69) is 9.88 Å². The molecule has 2 aliphatic rings. The van der Waals surface area contributed by atoms with E-state index in [-0.39, 0.29) is 18.0 Å². The zero-order valence-electron chi connectivity index (χ0n) is 13.8. The van der Waals surface area contributed by atoms with Crippen LogP contribution in [-0.4, -0.2) is 56.6 Å². The molecule has 2 atom stereocenters. The number of carbonyl (C=O) groups excluding carboxylic acids is 1. The topological polar surface area (TPSA) is 41.4 Å². The maximum atomic E-state index is 12.7. The van der Waals surface area contributed by atoms with E-state index in [0.29, 0.717) is 12.4 Å². The highest BCUT2D eigenvalue weighted by atomic mass is 19.4. The Morgan fingerprint density at radius 1 is 1.25 bits per heavy atom. The first kappa shape index (κ1) is 17.3. The van der Waals surface area contributed by atoms with Gasteiger partial charge >= 0.3 is 6.18 Å². The Bertz CT molecular complexity index is 586. The van der Waals surface area contributed by atoms with Gasteiger partial charge in [0, 0.05) is 37.9 Å². The van der Waals surface area contributed by atoms with Crippen LogP contribution in [0.2, 0.25) is 0 Å². The summed E-state index contributed by atoms with van der Waals surface area (Å²) in [6, 6.07) is 0.392. The van der Waals surface area contributed by atoms with E-state index >= 15 is 0 Å². The molecule has 1 amide bonds. The van der Waals surface area contributed by atoms with Crippen molar-refractivity contribution in [3.63, 3.8) is 0 Å². The summed E-state index contributed by atoms with van der Waals surface area (Å²) in [6.07, 6.45) is 2.50. The Morgan fingerprint density at radius 2 is 1.96 bits per heavy atom. The summed E-state index contributed by atoms with van der Waals surface area (Å²) in [5.41, 5.74) is 0. The van der Waals surface area contributed by atoms with E-state index in [1.54, 1.807) is 6.92 Å². The molecule has 0 aliphatic carbocycles. The molecule has 2 saturated heterocycles. The van der Waals surface area contributed by atoms with Crippen LogP contribution in [0.4, 0.5) is 13.2 Å². The minimum atomic E-state index is -4.25. The lowest BCUT2D eigenvalue weighted by molar-refractivity contribution is -0.141. The Morgan fingerprint density at radius 3 is 2.67 bits per heavy atom. The number of hydrogen-bond donors (Lipinski definition) is 0. The molecule has 0 aromatic carbocycles. The predicted octanol–water partition coefficient (Wildman–Crippen LogP) is 2.42. The second-order valence-corrected chi connectivity index (χ2v) is 6.69. The number of alkyl halides is 3. The third-order valence-electron chi connectivity index (χ3n) is 5.06. The van der Waals surface area contributed by atoms with Crippen molar-refractivity contribution in [2.45, 2.75) is 64.0 Å². The Hall–Kier alpha value is -1.57. The van der Waals surface area contributed by atoms with Gasteiger partial charge in [-0.25, -0.2) is 4.98 Å². The van der Waals surface area contributed by atoms with Crippen molar-refractivity contribution in [2.24, 2.45) is 0 Å². The predicted molar refractivity (Wildman–Crippen MR) is 82.1 cm³/mol. The molecule has 3 rings (SSSR count). The molecule has 8 heteroatoms. The summed E-state index contributed by atoms with van der Waals surface area (Å²) in [5.74, 6) is 0.523. The van der Waals surface area contributed by atoms with Gasteiger partial charge in [0.05, 0.1) is 6.54 Å². The summed E-state index contributed by atoms with van der Waals surface area (Å²) in [5, 5.41) is 0. The van der Waals surface area contributed by atoms with Crippen LogP contribution in [0.1, 0.15) is 38.4 Å². The fraction of sp³-hybridized carbons (Fsp3) is 0.750. The number of aromatic nitrogens is 2. The van der Waals surface area contributed by atoms with Crippen molar-refractivity contribution in [2.75, 3.05) is 13.1 Å². The van der Waals surface area contributed by atoms with Gasteiger partial charge in [0.2, 0.25) is 5.91 Å². The van der Waals surface area contributed by atoms with Crippen molar-refractivity contribution >= 4 is 5.91 Å². The maximum Gasteiger partial charge on any atom is 0.406 e. The molecule has 3 heterocycles. The van der Waals surface area contributed by atoms with Gasteiger partial charge in [0.15, 0.2) is 0 Å². The molecular formula is C16H23F3N4O. The van der Waals surface area contributed by atoms with Gasteiger partial charge in [-0.15, -0.1) is 0 Å². The van der Waals surface area contributed by atoms with Crippen LogP contribution < -0.4 is 0 Å². The highest BCUT2D eigenvalue weighted by molar-refractivity contribution is 5.74. The zero-order chi connectivity index (χ0) is 17.3. The van der Waals surface area contributed by atoms with Gasteiger partial charge < -0.3 is 9.47 Å². The summed E-state index contributed by atoms with van der Waals surface area (Å²) in [6.45, 7) is 2.60. The van der Waals surface area contributed by atoms with Gasteiger partial charge in [-0.05, 0) is 32.2 Å². The first-order chi connectivity index (χ1) is 11.3. The van der Waals surface area contributed by atoms with Crippen LogP contribution >= 0.6 is 0 Å². The molecule has 0 N–H and O–H groups in total. The summed E-state index contributed by atoms with van der Waals surface area (Å²) in [7, 11) is 0. The van der Waals surface area contributed by atoms with Crippen LogP contribution in [-0.2, 0) is 17.9 Å². The average Bonchev–Trinajstić information content (AvgIpc) is 3.18. The quantitative estimate of drug-likeness (QED) is 0.842. The van der Waals surface area contributed by atoms with Gasteiger partial charge in [0.25, 0.3) is 0 Å². The van der Waals surface area contributed by atoms with Gasteiger partial charge in [0.1, 0.15) is 12.4 Å². The molecule has 1 aromatic heterocycles. The first-order valence-electron chi connectivity index (χ1n) is 8.43. The molecule has 2 aliphatic heterocycles. The molecule has 0 spiro atoms. The maximum absolute atomic E-state index is 12.7. The van der Waals surface area contributed by atoms with Crippen LogP contribution in [0, 0.1) is 0 Å².